The fourth-order valence-corrected chi connectivity index (χ4v) is 3.51. The minimum Gasteiger partial charge on any atom is -0.360 e. The van der Waals surface area contributed by atoms with E-state index in [4.69, 9.17) is 27.7 Å². The first kappa shape index (κ1) is 20.6. The molecular formula is C17H19Cl2N3O3S. The Morgan fingerprint density at radius 3 is 2.65 bits per heavy atom. The number of halogens is 2. The van der Waals surface area contributed by atoms with Gasteiger partial charge in [0, 0.05) is 23.2 Å². The Balaban J connectivity index is 1.81. The molecule has 0 spiro atoms. The summed E-state index contributed by atoms with van der Waals surface area (Å²) in [6, 6.07) is 6.61. The maximum absolute atomic E-state index is 12.4. The number of anilines is 1. The highest BCUT2D eigenvalue weighted by molar-refractivity contribution is 8.00. The van der Waals surface area contributed by atoms with Crippen molar-refractivity contribution in [2.24, 2.45) is 0 Å². The van der Waals surface area contributed by atoms with E-state index in [-0.39, 0.29) is 29.4 Å². The van der Waals surface area contributed by atoms with Gasteiger partial charge in [0.25, 0.3) is 0 Å². The Kier molecular flexibility index (Phi) is 7.37. The first-order chi connectivity index (χ1) is 12.3. The number of nitrogens with one attached hydrogen (secondary N) is 1. The van der Waals surface area contributed by atoms with Gasteiger partial charge in [-0.3, -0.25) is 9.59 Å². The lowest BCUT2D eigenvalue weighted by Gasteiger charge is -2.26. The van der Waals surface area contributed by atoms with E-state index in [1.54, 1.807) is 43.1 Å². The highest BCUT2D eigenvalue weighted by Crippen LogP contribution is 2.29. The fourth-order valence-electron chi connectivity index (χ4n) is 2.20. The number of carbonyl (C=O) groups excluding carboxylic acids is 2. The third-order valence-corrected chi connectivity index (χ3v) is 5.22. The second-order valence-corrected chi connectivity index (χ2v) is 7.54. The van der Waals surface area contributed by atoms with E-state index in [1.807, 2.05) is 6.92 Å². The number of rotatable bonds is 7. The van der Waals surface area contributed by atoms with Crippen LogP contribution in [0.4, 0.5) is 5.82 Å². The molecule has 0 saturated carbocycles. The number of hydrogen-bond donors (Lipinski definition) is 1. The minimum absolute atomic E-state index is 0.0985. The number of thioether (sulfide) groups is 1. The standard InChI is InChI=1S/C17H19Cl2N3O3S/c1-10-6-15(21-25-10)20-16(23)8-26-9-17(24)22(3)11(2)13-5-4-12(18)7-14(13)19/h4-7,11H,8-9H2,1-3H3,(H,20,21,23)/t11-/m1/s1. The van der Waals surface area contributed by atoms with E-state index in [0.29, 0.717) is 21.6 Å². The molecule has 1 N–H and O–H groups in total. The summed E-state index contributed by atoms with van der Waals surface area (Å²) in [4.78, 5) is 25.8. The van der Waals surface area contributed by atoms with Crippen LogP contribution >= 0.6 is 35.0 Å². The largest absolute Gasteiger partial charge is 0.360 e. The van der Waals surface area contributed by atoms with Crippen molar-refractivity contribution in [3.63, 3.8) is 0 Å². The van der Waals surface area contributed by atoms with Crippen LogP contribution in [0.15, 0.2) is 28.8 Å². The molecule has 6 nitrogen and oxygen atoms in total. The molecule has 0 radical (unpaired) electrons. The van der Waals surface area contributed by atoms with Gasteiger partial charge in [0.2, 0.25) is 11.8 Å². The molecule has 0 aliphatic rings. The van der Waals surface area contributed by atoms with Crippen molar-refractivity contribution in [2.75, 3.05) is 23.9 Å². The summed E-state index contributed by atoms with van der Waals surface area (Å²) in [6.45, 7) is 3.62. The van der Waals surface area contributed by atoms with Gasteiger partial charge in [-0.25, -0.2) is 0 Å². The number of aromatic nitrogens is 1. The Bertz CT molecular complexity index is 797. The third kappa shape index (κ3) is 5.65. The Labute approximate surface area is 166 Å². The van der Waals surface area contributed by atoms with Crippen LogP contribution in [0.2, 0.25) is 10.0 Å². The highest BCUT2D eigenvalue weighted by atomic mass is 35.5. The van der Waals surface area contributed by atoms with E-state index < -0.39 is 0 Å². The van der Waals surface area contributed by atoms with E-state index in [0.717, 1.165) is 5.56 Å². The normalized spacial score (nSPS) is 11.9. The molecule has 2 rings (SSSR count). The van der Waals surface area contributed by atoms with Crippen LogP contribution in [-0.2, 0) is 9.59 Å². The smallest absolute Gasteiger partial charge is 0.235 e. The lowest BCUT2D eigenvalue weighted by molar-refractivity contribution is -0.128. The topological polar surface area (TPSA) is 75.4 Å². The lowest BCUT2D eigenvalue weighted by Crippen LogP contribution is -2.31. The number of carbonyl (C=O) groups is 2. The quantitative estimate of drug-likeness (QED) is 0.733. The molecule has 0 aliphatic heterocycles. The molecular weight excluding hydrogens is 397 g/mol. The first-order valence-corrected chi connectivity index (χ1v) is 9.70. The van der Waals surface area contributed by atoms with Gasteiger partial charge < -0.3 is 14.7 Å². The lowest BCUT2D eigenvalue weighted by atomic mass is 10.1. The van der Waals surface area contributed by atoms with Crippen molar-refractivity contribution in [1.82, 2.24) is 10.1 Å². The van der Waals surface area contributed by atoms with Crippen molar-refractivity contribution in [3.05, 3.63) is 45.6 Å². The molecule has 1 aromatic carbocycles. The zero-order valence-corrected chi connectivity index (χ0v) is 16.9. The second-order valence-electron chi connectivity index (χ2n) is 5.71. The van der Waals surface area contributed by atoms with Crippen LogP contribution in [0.5, 0.6) is 0 Å². The molecule has 1 atom stereocenters. The number of aryl methyl sites for hydroxylation is 1. The number of hydrogen-bond acceptors (Lipinski definition) is 5. The maximum atomic E-state index is 12.4. The van der Waals surface area contributed by atoms with Crippen molar-refractivity contribution >= 4 is 52.6 Å². The molecule has 0 unspecified atom stereocenters. The first-order valence-electron chi connectivity index (χ1n) is 7.79. The van der Waals surface area contributed by atoms with Crippen LogP contribution in [0.3, 0.4) is 0 Å². The van der Waals surface area contributed by atoms with Crippen LogP contribution in [-0.4, -0.2) is 40.4 Å². The van der Waals surface area contributed by atoms with Crippen molar-refractivity contribution < 1.29 is 14.1 Å². The molecule has 9 heteroatoms. The summed E-state index contributed by atoms with van der Waals surface area (Å²) >= 11 is 13.3. The maximum Gasteiger partial charge on any atom is 0.235 e. The van der Waals surface area contributed by atoms with Crippen LogP contribution in [0, 0.1) is 6.92 Å². The number of nitrogens with zero attached hydrogens (tertiary/aromatic N) is 2. The Hall–Kier alpha value is -1.70. The van der Waals surface area contributed by atoms with E-state index >= 15 is 0 Å². The predicted molar refractivity (Wildman–Crippen MR) is 105 cm³/mol. The molecule has 26 heavy (non-hydrogen) atoms. The summed E-state index contributed by atoms with van der Waals surface area (Å²) in [5.74, 6) is 0.951. The van der Waals surface area contributed by atoms with Gasteiger partial charge in [-0.2, -0.15) is 0 Å². The van der Waals surface area contributed by atoms with Crippen molar-refractivity contribution in [3.8, 4) is 0 Å². The van der Waals surface area contributed by atoms with Crippen LogP contribution in [0.25, 0.3) is 0 Å². The predicted octanol–water partition coefficient (Wildman–Crippen LogP) is 4.18. The van der Waals surface area contributed by atoms with Gasteiger partial charge in [-0.05, 0) is 31.5 Å². The third-order valence-electron chi connectivity index (χ3n) is 3.74. The molecule has 1 aromatic heterocycles. The summed E-state index contributed by atoms with van der Waals surface area (Å²) in [7, 11) is 1.71. The summed E-state index contributed by atoms with van der Waals surface area (Å²) in [5, 5.41) is 7.35. The van der Waals surface area contributed by atoms with Gasteiger partial charge in [0.1, 0.15) is 5.76 Å². The van der Waals surface area contributed by atoms with E-state index in [1.165, 1.54) is 11.8 Å². The zero-order valence-electron chi connectivity index (χ0n) is 14.6. The van der Waals surface area contributed by atoms with E-state index in [9.17, 15) is 9.59 Å². The minimum atomic E-state index is -0.243. The molecule has 0 fully saturated rings. The summed E-state index contributed by atoms with van der Waals surface area (Å²) in [6.07, 6.45) is 0. The van der Waals surface area contributed by atoms with Gasteiger partial charge in [-0.1, -0.05) is 34.4 Å². The van der Waals surface area contributed by atoms with Gasteiger partial charge in [0.15, 0.2) is 5.82 Å². The SMILES string of the molecule is Cc1cc(NC(=O)CSCC(=O)N(C)[C@H](C)c2ccc(Cl)cc2Cl)no1. The fraction of sp³-hybridized carbons (Fsp3) is 0.353. The summed E-state index contributed by atoms with van der Waals surface area (Å²) < 4.78 is 4.87. The average molecular weight is 416 g/mol. The van der Waals surface area contributed by atoms with Gasteiger partial charge in [-0.15, -0.1) is 11.8 Å². The average Bonchev–Trinajstić information content (AvgIpc) is 2.98. The Morgan fingerprint density at radius 1 is 1.31 bits per heavy atom. The molecule has 2 aromatic rings. The second kappa shape index (κ2) is 9.30. The van der Waals surface area contributed by atoms with Crippen LogP contribution < -0.4 is 5.32 Å². The number of benzene rings is 1. The number of amides is 2. The molecule has 140 valence electrons. The van der Waals surface area contributed by atoms with Crippen molar-refractivity contribution in [1.29, 1.82) is 0 Å². The summed E-state index contributed by atoms with van der Waals surface area (Å²) in [5.41, 5.74) is 0.816. The van der Waals surface area contributed by atoms with Gasteiger partial charge in [0.05, 0.1) is 17.5 Å². The molecule has 0 saturated heterocycles. The van der Waals surface area contributed by atoms with Gasteiger partial charge >= 0.3 is 0 Å². The highest BCUT2D eigenvalue weighted by Gasteiger charge is 2.20. The Morgan fingerprint density at radius 2 is 2.04 bits per heavy atom. The van der Waals surface area contributed by atoms with Crippen LogP contribution in [0.1, 0.15) is 24.3 Å². The van der Waals surface area contributed by atoms with E-state index in [2.05, 4.69) is 10.5 Å². The molecule has 0 bridgehead atoms. The van der Waals surface area contributed by atoms with Crippen molar-refractivity contribution in [2.45, 2.75) is 19.9 Å². The zero-order chi connectivity index (χ0) is 19.3. The molecule has 0 aliphatic carbocycles. The molecule has 2 amide bonds. The molecule has 1 heterocycles. The monoisotopic (exact) mass is 415 g/mol.